The molecule has 144 valence electrons. The summed E-state index contributed by atoms with van der Waals surface area (Å²) in [7, 11) is 0. The van der Waals surface area contributed by atoms with Gasteiger partial charge >= 0.3 is 0 Å². The Morgan fingerprint density at radius 2 is 1.72 bits per heavy atom. The molecule has 6 heteroatoms. The number of nitrogens with one attached hydrogen (secondary N) is 1. The Bertz CT molecular complexity index is 1200. The summed E-state index contributed by atoms with van der Waals surface area (Å²) in [5.74, 6) is -0.0836. The van der Waals surface area contributed by atoms with Crippen molar-refractivity contribution in [1.82, 2.24) is 14.8 Å². The van der Waals surface area contributed by atoms with Gasteiger partial charge in [-0.2, -0.15) is 5.10 Å². The van der Waals surface area contributed by atoms with Gasteiger partial charge in [0.2, 0.25) is 5.91 Å². The van der Waals surface area contributed by atoms with Crippen molar-refractivity contribution < 1.29 is 4.79 Å². The van der Waals surface area contributed by atoms with Crippen molar-refractivity contribution in [3.05, 3.63) is 89.5 Å². The molecule has 6 nitrogen and oxygen atoms in total. The number of pyridine rings is 1. The topological polar surface area (TPSA) is 76.9 Å². The predicted octanol–water partition coefficient (Wildman–Crippen LogP) is 3.88. The number of carbonyl (C=O) groups is 1. The van der Waals surface area contributed by atoms with E-state index < -0.39 is 0 Å². The van der Waals surface area contributed by atoms with Crippen LogP contribution in [0, 0.1) is 0 Å². The van der Waals surface area contributed by atoms with Gasteiger partial charge in [-0.3, -0.25) is 14.6 Å². The minimum atomic E-state index is -0.183. The first-order valence-corrected chi connectivity index (χ1v) is 9.47. The minimum Gasteiger partial charge on any atom is -0.326 e. The number of nitrogens with zero attached hydrogens (tertiary/aromatic N) is 3. The molecule has 2 aromatic carbocycles. The zero-order valence-corrected chi connectivity index (χ0v) is 15.8. The monoisotopic (exact) mass is 384 g/mol. The van der Waals surface area contributed by atoms with Crippen molar-refractivity contribution in [3.63, 3.8) is 0 Å². The van der Waals surface area contributed by atoms with Gasteiger partial charge in [0.15, 0.2) is 0 Å². The molecule has 0 saturated carbocycles. The number of rotatable bonds is 6. The number of aryl methyl sites for hydroxylation is 1. The van der Waals surface area contributed by atoms with Gasteiger partial charge in [0.05, 0.1) is 5.69 Å². The average Bonchev–Trinajstić information content (AvgIpc) is 2.76. The van der Waals surface area contributed by atoms with E-state index in [0.717, 1.165) is 22.0 Å². The van der Waals surface area contributed by atoms with Crippen molar-refractivity contribution in [2.24, 2.45) is 0 Å². The second kappa shape index (κ2) is 8.48. The van der Waals surface area contributed by atoms with Gasteiger partial charge in [0, 0.05) is 48.1 Å². The highest BCUT2D eigenvalue weighted by atomic mass is 16.1. The first-order chi connectivity index (χ1) is 14.2. The molecule has 0 bridgehead atoms. The molecule has 1 amide bonds. The Morgan fingerprint density at radius 1 is 0.931 bits per heavy atom. The summed E-state index contributed by atoms with van der Waals surface area (Å²) < 4.78 is 1.40. The number of hydrogen-bond acceptors (Lipinski definition) is 4. The molecular weight excluding hydrogens is 364 g/mol. The van der Waals surface area contributed by atoms with Crippen LogP contribution in [-0.2, 0) is 11.3 Å². The van der Waals surface area contributed by atoms with E-state index in [2.05, 4.69) is 15.4 Å². The van der Waals surface area contributed by atoms with Crippen LogP contribution in [0.15, 0.2) is 83.9 Å². The largest absolute Gasteiger partial charge is 0.326 e. The molecular formula is C23H20N4O2. The lowest BCUT2D eigenvalue weighted by molar-refractivity contribution is -0.116. The summed E-state index contributed by atoms with van der Waals surface area (Å²) in [4.78, 5) is 28.5. The van der Waals surface area contributed by atoms with Gasteiger partial charge in [0.1, 0.15) is 0 Å². The Labute approximate surface area is 167 Å². The van der Waals surface area contributed by atoms with Crippen molar-refractivity contribution in [2.45, 2.75) is 19.4 Å². The van der Waals surface area contributed by atoms with E-state index in [0.29, 0.717) is 25.1 Å². The Kier molecular flexibility index (Phi) is 5.42. The van der Waals surface area contributed by atoms with E-state index in [1.807, 2.05) is 54.6 Å². The highest BCUT2D eigenvalue weighted by molar-refractivity contribution is 6.02. The van der Waals surface area contributed by atoms with Gasteiger partial charge < -0.3 is 5.32 Å². The molecule has 4 aromatic rings. The highest BCUT2D eigenvalue weighted by Crippen LogP contribution is 2.23. The standard InChI is InChI=1S/C23H20N4O2/c28-22(25-21-8-3-6-17-5-1-2-7-19(17)21)9-4-16-27-23(29)11-10-20(26-27)18-12-14-24-15-13-18/h1-3,5-8,10-15H,4,9,16H2,(H,25,28). The quantitative estimate of drug-likeness (QED) is 0.547. The number of carbonyl (C=O) groups excluding carboxylic acids is 1. The van der Waals surface area contributed by atoms with Crippen LogP contribution in [0.4, 0.5) is 5.69 Å². The van der Waals surface area contributed by atoms with Crippen molar-refractivity contribution in [3.8, 4) is 11.3 Å². The molecule has 4 rings (SSSR count). The van der Waals surface area contributed by atoms with Crippen molar-refractivity contribution in [1.29, 1.82) is 0 Å². The first-order valence-electron chi connectivity index (χ1n) is 9.47. The van der Waals surface area contributed by atoms with E-state index >= 15 is 0 Å². The number of aromatic nitrogens is 3. The zero-order chi connectivity index (χ0) is 20.1. The summed E-state index contributed by atoms with van der Waals surface area (Å²) >= 11 is 0. The van der Waals surface area contributed by atoms with Crippen molar-refractivity contribution >= 4 is 22.4 Å². The first kappa shape index (κ1) is 18.6. The van der Waals surface area contributed by atoms with Gasteiger partial charge in [-0.05, 0) is 36.1 Å². The summed E-state index contributed by atoms with van der Waals surface area (Å²) in [5.41, 5.74) is 2.20. The molecule has 2 heterocycles. The lowest BCUT2D eigenvalue weighted by atomic mass is 10.1. The average molecular weight is 384 g/mol. The SMILES string of the molecule is O=C(CCCn1nc(-c2ccncc2)ccc1=O)Nc1cccc2ccccc12. The zero-order valence-electron chi connectivity index (χ0n) is 15.8. The van der Waals surface area contributed by atoms with Crippen LogP contribution < -0.4 is 10.9 Å². The van der Waals surface area contributed by atoms with Crippen LogP contribution in [0.25, 0.3) is 22.0 Å². The van der Waals surface area contributed by atoms with E-state index in [1.165, 1.54) is 10.7 Å². The molecule has 0 aliphatic heterocycles. The summed E-state index contributed by atoms with van der Waals surface area (Å²) in [6.45, 7) is 0.376. The lowest BCUT2D eigenvalue weighted by Crippen LogP contribution is -2.23. The molecule has 0 atom stereocenters. The van der Waals surface area contributed by atoms with Crippen LogP contribution in [0.5, 0.6) is 0 Å². The van der Waals surface area contributed by atoms with Gasteiger partial charge in [-0.1, -0.05) is 36.4 Å². The van der Waals surface area contributed by atoms with Crippen molar-refractivity contribution in [2.75, 3.05) is 5.32 Å². The number of hydrogen-bond donors (Lipinski definition) is 1. The van der Waals surface area contributed by atoms with E-state index in [4.69, 9.17) is 0 Å². The molecule has 2 aromatic heterocycles. The normalized spacial score (nSPS) is 10.8. The number of amides is 1. The van der Waals surface area contributed by atoms with Gasteiger partial charge in [-0.25, -0.2) is 4.68 Å². The number of fused-ring (bicyclic) bond motifs is 1. The summed E-state index contributed by atoms with van der Waals surface area (Å²) in [6.07, 6.45) is 4.19. The highest BCUT2D eigenvalue weighted by Gasteiger charge is 2.07. The maximum Gasteiger partial charge on any atom is 0.266 e. The third kappa shape index (κ3) is 4.38. The van der Waals surface area contributed by atoms with Gasteiger partial charge in [0.25, 0.3) is 5.56 Å². The molecule has 0 radical (unpaired) electrons. The fraction of sp³-hybridized carbons (Fsp3) is 0.130. The molecule has 0 aliphatic rings. The summed E-state index contributed by atoms with van der Waals surface area (Å²) in [5, 5.41) is 9.46. The maximum atomic E-state index is 12.4. The molecule has 0 spiro atoms. The van der Waals surface area contributed by atoms with E-state index in [9.17, 15) is 9.59 Å². The third-order valence-electron chi connectivity index (χ3n) is 4.68. The Balaban J connectivity index is 1.40. The summed E-state index contributed by atoms with van der Waals surface area (Å²) in [6, 6.07) is 20.6. The Hall–Kier alpha value is -3.80. The molecule has 0 unspecified atom stereocenters. The molecule has 0 aliphatic carbocycles. The predicted molar refractivity (Wildman–Crippen MR) is 114 cm³/mol. The van der Waals surface area contributed by atoms with Crippen LogP contribution >= 0.6 is 0 Å². The molecule has 29 heavy (non-hydrogen) atoms. The van der Waals surface area contributed by atoms with Crippen LogP contribution in [0.1, 0.15) is 12.8 Å². The maximum absolute atomic E-state index is 12.4. The van der Waals surface area contributed by atoms with Gasteiger partial charge in [-0.15, -0.1) is 0 Å². The molecule has 0 saturated heterocycles. The van der Waals surface area contributed by atoms with E-state index in [-0.39, 0.29) is 11.5 Å². The Morgan fingerprint density at radius 3 is 2.59 bits per heavy atom. The fourth-order valence-electron chi connectivity index (χ4n) is 3.22. The third-order valence-corrected chi connectivity index (χ3v) is 4.68. The minimum absolute atomic E-state index is 0.0836. The molecule has 0 fully saturated rings. The van der Waals surface area contributed by atoms with E-state index in [1.54, 1.807) is 18.5 Å². The van der Waals surface area contributed by atoms with Crippen LogP contribution in [0.2, 0.25) is 0 Å². The lowest BCUT2D eigenvalue weighted by Gasteiger charge is -2.09. The number of benzene rings is 2. The fourth-order valence-corrected chi connectivity index (χ4v) is 3.22. The molecule has 1 N–H and O–H groups in total. The smallest absolute Gasteiger partial charge is 0.266 e. The van der Waals surface area contributed by atoms with Crippen LogP contribution in [-0.4, -0.2) is 20.7 Å². The second-order valence-electron chi connectivity index (χ2n) is 6.69. The second-order valence-corrected chi connectivity index (χ2v) is 6.69. The number of anilines is 1. The van der Waals surface area contributed by atoms with Crippen LogP contribution in [0.3, 0.4) is 0 Å².